The molecular formula is C14H17N3S. The minimum atomic E-state index is 0.853. The second-order valence-corrected chi connectivity index (χ2v) is 5.01. The number of rotatable bonds is 5. The first-order chi connectivity index (χ1) is 8.76. The molecule has 0 spiro atoms. The average molecular weight is 259 g/mol. The van der Waals surface area contributed by atoms with Gasteiger partial charge >= 0.3 is 0 Å². The number of benzene rings is 1. The van der Waals surface area contributed by atoms with Crippen LogP contribution in [-0.4, -0.2) is 20.5 Å². The Hall–Kier alpha value is -1.55. The average Bonchev–Trinajstić information content (AvgIpc) is 2.79. The van der Waals surface area contributed by atoms with Crippen LogP contribution >= 0.6 is 11.8 Å². The lowest BCUT2D eigenvalue weighted by Gasteiger charge is -2.07. The van der Waals surface area contributed by atoms with Crippen LogP contribution in [-0.2, 0) is 6.54 Å². The van der Waals surface area contributed by atoms with E-state index in [0.29, 0.717) is 0 Å². The van der Waals surface area contributed by atoms with Gasteiger partial charge in [-0.05, 0) is 19.9 Å². The van der Waals surface area contributed by atoms with Crippen molar-refractivity contribution in [3.8, 4) is 11.4 Å². The van der Waals surface area contributed by atoms with Crippen molar-refractivity contribution in [1.82, 2.24) is 14.8 Å². The van der Waals surface area contributed by atoms with Crippen LogP contribution in [0.2, 0.25) is 0 Å². The number of aryl methyl sites for hydroxylation is 1. The third-order valence-electron chi connectivity index (χ3n) is 2.64. The summed E-state index contributed by atoms with van der Waals surface area (Å²) in [5, 5.41) is 9.52. The maximum Gasteiger partial charge on any atom is 0.191 e. The van der Waals surface area contributed by atoms with Gasteiger partial charge in [-0.15, -0.1) is 16.8 Å². The molecule has 3 nitrogen and oxygen atoms in total. The van der Waals surface area contributed by atoms with E-state index in [1.165, 1.54) is 5.56 Å². The van der Waals surface area contributed by atoms with Gasteiger partial charge in [-0.1, -0.05) is 41.6 Å². The van der Waals surface area contributed by atoms with Gasteiger partial charge in [0.05, 0.1) is 0 Å². The van der Waals surface area contributed by atoms with Crippen molar-refractivity contribution in [2.75, 3.05) is 5.75 Å². The Balaban J connectivity index is 2.39. The summed E-state index contributed by atoms with van der Waals surface area (Å²) in [6, 6.07) is 8.35. The predicted octanol–water partition coefficient (Wildman–Crippen LogP) is 3.55. The molecule has 0 saturated carbocycles. The lowest BCUT2D eigenvalue weighted by atomic mass is 10.1. The summed E-state index contributed by atoms with van der Waals surface area (Å²) in [7, 11) is 0. The van der Waals surface area contributed by atoms with E-state index >= 15 is 0 Å². The largest absolute Gasteiger partial charge is 0.302 e. The van der Waals surface area contributed by atoms with Crippen molar-refractivity contribution in [1.29, 1.82) is 0 Å². The van der Waals surface area contributed by atoms with Crippen molar-refractivity contribution in [2.45, 2.75) is 25.5 Å². The molecule has 0 amide bonds. The number of thioether (sulfide) groups is 1. The van der Waals surface area contributed by atoms with E-state index in [0.717, 1.165) is 28.8 Å². The normalized spacial score (nSPS) is 10.6. The first kappa shape index (κ1) is 12.9. The highest BCUT2D eigenvalue weighted by atomic mass is 32.2. The summed E-state index contributed by atoms with van der Waals surface area (Å²) in [5.74, 6) is 1.79. The van der Waals surface area contributed by atoms with E-state index in [1.807, 2.05) is 6.08 Å². The zero-order valence-electron chi connectivity index (χ0n) is 10.8. The van der Waals surface area contributed by atoms with Crippen molar-refractivity contribution < 1.29 is 0 Å². The van der Waals surface area contributed by atoms with Crippen LogP contribution in [0.15, 0.2) is 42.1 Å². The summed E-state index contributed by atoms with van der Waals surface area (Å²) < 4.78 is 2.14. The van der Waals surface area contributed by atoms with Gasteiger partial charge in [-0.3, -0.25) is 0 Å². The molecule has 2 rings (SSSR count). The van der Waals surface area contributed by atoms with E-state index in [2.05, 4.69) is 59.5 Å². The second kappa shape index (κ2) is 5.87. The summed E-state index contributed by atoms with van der Waals surface area (Å²) in [6.07, 6.45) is 1.88. The van der Waals surface area contributed by atoms with Crippen molar-refractivity contribution in [2.24, 2.45) is 0 Å². The highest BCUT2D eigenvalue weighted by Gasteiger charge is 2.12. The van der Waals surface area contributed by atoms with Gasteiger partial charge in [0.2, 0.25) is 0 Å². The molecule has 0 aliphatic rings. The maximum absolute atomic E-state index is 4.31. The molecule has 0 aliphatic heterocycles. The molecule has 18 heavy (non-hydrogen) atoms. The first-order valence-electron chi connectivity index (χ1n) is 6.00. The zero-order chi connectivity index (χ0) is 13.0. The van der Waals surface area contributed by atoms with Gasteiger partial charge in [-0.25, -0.2) is 0 Å². The lowest BCUT2D eigenvalue weighted by Crippen LogP contribution is -1.99. The molecule has 2 aromatic rings. The van der Waals surface area contributed by atoms with Gasteiger partial charge < -0.3 is 4.57 Å². The van der Waals surface area contributed by atoms with E-state index in [-0.39, 0.29) is 0 Å². The van der Waals surface area contributed by atoms with Crippen LogP contribution in [0.5, 0.6) is 0 Å². The van der Waals surface area contributed by atoms with E-state index < -0.39 is 0 Å². The third-order valence-corrected chi connectivity index (χ3v) is 3.60. The molecule has 0 fully saturated rings. The Bertz CT molecular complexity index is 546. The fourth-order valence-corrected chi connectivity index (χ4v) is 2.55. The summed E-state index contributed by atoms with van der Waals surface area (Å²) >= 11 is 1.66. The standard InChI is InChI=1S/C14H17N3S/c1-4-9-18-14-16-15-13(17(14)5-2)12-8-6-7-11(3)10-12/h4,6-8,10H,1,5,9H2,2-3H3. The minimum Gasteiger partial charge on any atom is -0.302 e. The Kier molecular flexibility index (Phi) is 4.20. The van der Waals surface area contributed by atoms with E-state index in [4.69, 9.17) is 0 Å². The van der Waals surface area contributed by atoms with Crippen molar-refractivity contribution in [3.63, 3.8) is 0 Å². The Morgan fingerprint density at radius 1 is 1.39 bits per heavy atom. The van der Waals surface area contributed by atoms with Crippen LogP contribution in [0.25, 0.3) is 11.4 Å². The highest BCUT2D eigenvalue weighted by molar-refractivity contribution is 7.99. The molecule has 0 atom stereocenters. The fraction of sp³-hybridized carbons (Fsp3) is 0.286. The Morgan fingerprint density at radius 3 is 2.89 bits per heavy atom. The van der Waals surface area contributed by atoms with E-state index in [1.54, 1.807) is 11.8 Å². The molecule has 0 unspecified atom stereocenters. The van der Waals surface area contributed by atoms with Crippen LogP contribution < -0.4 is 0 Å². The van der Waals surface area contributed by atoms with Gasteiger partial charge in [0, 0.05) is 17.9 Å². The molecule has 94 valence electrons. The van der Waals surface area contributed by atoms with Gasteiger partial charge in [0.15, 0.2) is 11.0 Å². The van der Waals surface area contributed by atoms with Gasteiger partial charge in [-0.2, -0.15) is 0 Å². The number of aromatic nitrogens is 3. The topological polar surface area (TPSA) is 30.7 Å². The molecule has 1 aromatic heterocycles. The summed E-state index contributed by atoms with van der Waals surface area (Å²) in [5.41, 5.74) is 2.35. The minimum absolute atomic E-state index is 0.853. The molecular weight excluding hydrogens is 242 g/mol. The smallest absolute Gasteiger partial charge is 0.191 e. The fourth-order valence-electron chi connectivity index (χ4n) is 1.81. The van der Waals surface area contributed by atoms with E-state index in [9.17, 15) is 0 Å². The maximum atomic E-state index is 4.31. The van der Waals surface area contributed by atoms with Gasteiger partial charge in [0.25, 0.3) is 0 Å². The second-order valence-electron chi connectivity index (χ2n) is 4.02. The molecule has 0 saturated heterocycles. The van der Waals surface area contributed by atoms with Crippen LogP contribution in [0, 0.1) is 6.92 Å². The molecule has 0 N–H and O–H groups in total. The SMILES string of the molecule is C=CCSc1nnc(-c2cccc(C)c2)n1CC. The van der Waals surface area contributed by atoms with Crippen LogP contribution in [0.3, 0.4) is 0 Å². The number of hydrogen-bond donors (Lipinski definition) is 0. The first-order valence-corrected chi connectivity index (χ1v) is 6.98. The van der Waals surface area contributed by atoms with Crippen LogP contribution in [0.1, 0.15) is 12.5 Å². The monoisotopic (exact) mass is 259 g/mol. The Morgan fingerprint density at radius 2 is 2.22 bits per heavy atom. The number of hydrogen-bond acceptors (Lipinski definition) is 3. The van der Waals surface area contributed by atoms with Crippen molar-refractivity contribution >= 4 is 11.8 Å². The molecule has 0 bridgehead atoms. The number of nitrogens with zero attached hydrogens (tertiary/aromatic N) is 3. The summed E-state index contributed by atoms with van der Waals surface area (Å²) in [4.78, 5) is 0. The highest BCUT2D eigenvalue weighted by Crippen LogP contribution is 2.24. The van der Waals surface area contributed by atoms with Crippen molar-refractivity contribution in [3.05, 3.63) is 42.5 Å². The molecule has 1 aromatic carbocycles. The Labute approximate surface area is 112 Å². The van der Waals surface area contributed by atoms with Crippen LogP contribution in [0.4, 0.5) is 0 Å². The predicted molar refractivity (Wildman–Crippen MR) is 76.8 cm³/mol. The summed E-state index contributed by atoms with van der Waals surface area (Å²) in [6.45, 7) is 8.80. The third kappa shape index (κ3) is 2.64. The lowest BCUT2D eigenvalue weighted by molar-refractivity contribution is 0.688. The molecule has 0 aliphatic carbocycles. The quantitative estimate of drug-likeness (QED) is 0.607. The molecule has 4 heteroatoms. The van der Waals surface area contributed by atoms with Gasteiger partial charge in [0.1, 0.15) is 0 Å². The molecule has 1 heterocycles. The zero-order valence-corrected chi connectivity index (χ0v) is 11.6. The molecule has 0 radical (unpaired) electrons.